The number of halogens is 1. The van der Waals surface area contributed by atoms with Gasteiger partial charge >= 0.3 is 5.97 Å². The maximum atomic E-state index is 12.7. The second kappa shape index (κ2) is 5.02. The van der Waals surface area contributed by atoms with Crippen LogP contribution in [0.15, 0.2) is 23.1 Å². The summed E-state index contributed by atoms with van der Waals surface area (Å²) in [6, 6.07) is 4.10. The number of aliphatic carboxylic acids is 1. The molecule has 5 heteroatoms. The third kappa shape index (κ3) is 3.43. The van der Waals surface area contributed by atoms with E-state index in [0.29, 0.717) is 16.3 Å². The van der Waals surface area contributed by atoms with Crippen LogP contribution in [0.2, 0.25) is 0 Å². The molecule has 1 aromatic rings. The van der Waals surface area contributed by atoms with Gasteiger partial charge in [0.25, 0.3) is 0 Å². The number of thioether (sulfide) groups is 1. The molecule has 0 bridgehead atoms. The van der Waals surface area contributed by atoms with Gasteiger partial charge in [-0.2, -0.15) is 0 Å². The monoisotopic (exact) mass is 229 g/mol. The minimum atomic E-state index is -0.844. The summed E-state index contributed by atoms with van der Waals surface area (Å²) in [7, 11) is 0. The lowest BCUT2D eigenvalue weighted by Crippen LogP contribution is -2.11. The largest absolute Gasteiger partial charge is 0.481 e. The lowest BCUT2D eigenvalue weighted by atomic mass is 10.2. The molecule has 0 fully saturated rings. The summed E-state index contributed by atoms with van der Waals surface area (Å²) in [5.41, 5.74) is 5.92. The quantitative estimate of drug-likeness (QED) is 0.614. The predicted octanol–water partition coefficient (Wildman–Crippen LogP) is 2.22. The number of carbonyl (C=O) groups is 1. The minimum Gasteiger partial charge on any atom is -0.481 e. The molecular weight excluding hydrogens is 217 g/mol. The first kappa shape index (κ1) is 11.8. The van der Waals surface area contributed by atoms with Crippen molar-refractivity contribution in [2.45, 2.75) is 11.8 Å². The molecule has 1 unspecified atom stereocenters. The van der Waals surface area contributed by atoms with Crippen LogP contribution in [-0.4, -0.2) is 16.8 Å². The highest BCUT2D eigenvalue weighted by atomic mass is 32.2. The van der Waals surface area contributed by atoms with Gasteiger partial charge in [-0.1, -0.05) is 6.92 Å². The maximum absolute atomic E-state index is 12.7. The molecule has 15 heavy (non-hydrogen) atoms. The van der Waals surface area contributed by atoms with E-state index in [1.807, 2.05) is 0 Å². The van der Waals surface area contributed by atoms with Gasteiger partial charge in [0.05, 0.1) is 5.92 Å². The van der Waals surface area contributed by atoms with E-state index < -0.39 is 11.9 Å². The summed E-state index contributed by atoms with van der Waals surface area (Å²) in [5.74, 6) is -1.25. The van der Waals surface area contributed by atoms with Crippen molar-refractivity contribution in [1.82, 2.24) is 0 Å². The fourth-order valence-electron chi connectivity index (χ4n) is 0.937. The normalized spacial score (nSPS) is 12.4. The molecule has 3 N–H and O–H groups in total. The number of hydrogen-bond acceptors (Lipinski definition) is 3. The summed E-state index contributed by atoms with van der Waals surface area (Å²) in [4.78, 5) is 11.3. The number of nitrogens with two attached hydrogens (primary N) is 1. The molecule has 0 aliphatic heterocycles. The van der Waals surface area contributed by atoms with Crippen LogP contribution in [0.1, 0.15) is 6.92 Å². The van der Waals surface area contributed by atoms with Gasteiger partial charge in [0.2, 0.25) is 0 Å². The fraction of sp³-hybridized carbons (Fsp3) is 0.300. The Morgan fingerprint density at radius 1 is 1.67 bits per heavy atom. The molecular formula is C10H12FNO2S. The molecule has 3 nitrogen and oxygen atoms in total. The average molecular weight is 229 g/mol. The van der Waals surface area contributed by atoms with Crippen molar-refractivity contribution in [2.75, 3.05) is 11.5 Å². The zero-order valence-corrected chi connectivity index (χ0v) is 9.05. The first-order chi connectivity index (χ1) is 7.00. The van der Waals surface area contributed by atoms with Gasteiger partial charge in [0.1, 0.15) is 5.82 Å². The fourth-order valence-corrected chi connectivity index (χ4v) is 1.90. The molecule has 0 amide bonds. The molecule has 82 valence electrons. The second-order valence-corrected chi connectivity index (χ2v) is 4.29. The van der Waals surface area contributed by atoms with Crippen LogP contribution in [0.3, 0.4) is 0 Å². The van der Waals surface area contributed by atoms with Crippen molar-refractivity contribution in [2.24, 2.45) is 5.92 Å². The van der Waals surface area contributed by atoms with Crippen molar-refractivity contribution in [1.29, 1.82) is 0 Å². The van der Waals surface area contributed by atoms with Crippen molar-refractivity contribution < 1.29 is 14.3 Å². The number of anilines is 1. The Labute approximate surface area is 91.5 Å². The van der Waals surface area contributed by atoms with Crippen LogP contribution in [0.4, 0.5) is 10.1 Å². The molecule has 0 aliphatic carbocycles. The van der Waals surface area contributed by atoms with Crippen LogP contribution in [0, 0.1) is 11.7 Å². The van der Waals surface area contributed by atoms with Crippen LogP contribution in [0.25, 0.3) is 0 Å². The molecule has 0 saturated carbocycles. The van der Waals surface area contributed by atoms with E-state index in [1.165, 1.54) is 23.9 Å². The summed E-state index contributed by atoms with van der Waals surface area (Å²) < 4.78 is 12.7. The smallest absolute Gasteiger partial charge is 0.307 e. The molecule has 0 spiro atoms. The Balaban J connectivity index is 2.62. The lowest BCUT2D eigenvalue weighted by Gasteiger charge is -2.07. The van der Waals surface area contributed by atoms with Crippen LogP contribution >= 0.6 is 11.8 Å². The molecule has 0 radical (unpaired) electrons. The third-order valence-electron chi connectivity index (χ3n) is 1.88. The van der Waals surface area contributed by atoms with Crippen molar-refractivity contribution in [3.8, 4) is 0 Å². The minimum absolute atomic E-state index is 0.345. The summed E-state index contributed by atoms with van der Waals surface area (Å²) >= 11 is 1.32. The number of carboxylic acid groups (broad SMARTS) is 1. The van der Waals surface area contributed by atoms with E-state index in [1.54, 1.807) is 13.0 Å². The Morgan fingerprint density at radius 3 is 2.87 bits per heavy atom. The number of carboxylic acids is 1. The maximum Gasteiger partial charge on any atom is 0.307 e. The Kier molecular flexibility index (Phi) is 3.96. The van der Waals surface area contributed by atoms with Gasteiger partial charge in [0, 0.05) is 16.3 Å². The zero-order chi connectivity index (χ0) is 11.4. The van der Waals surface area contributed by atoms with Gasteiger partial charge in [-0.25, -0.2) is 4.39 Å². The highest BCUT2D eigenvalue weighted by molar-refractivity contribution is 7.99. The van der Waals surface area contributed by atoms with E-state index in [0.717, 1.165) is 0 Å². The van der Waals surface area contributed by atoms with Crippen molar-refractivity contribution in [3.05, 3.63) is 24.0 Å². The predicted molar refractivity (Wildman–Crippen MR) is 58.3 cm³/mol. The third-order valence-corrected chi connectivity index (χ3v) is 3.23. The SMILES string of the molecule is CC(CSc1ccc(F)cc1N)C(=O)O. The zero-order valence-electron chi connectivity index (χ0n) is 8.24. The van der Waals surface area contributed by atoms with E-state index in [9.17, 15) is 9.18 Å². The molecule has 1 aromatic carbocycles. The van der Waals surface area contributed by atoms with E-state index in [-0.39, 0.29) is 5.82 Å². The molecule has 0 heterocycles. The highest BCUT2D eigenvalue weighted by Crippen LogP contribution is 2.27. The molecule has 0 saturated heterocycles. The van der Waals surface area contributed by atoms with E-state index in [2.05, 4.69) is 0 Å². The van der Waals surface area contributed by atoms with Crippen molar-refractivity contribution >= 4 is 23.4 Å². The lowest BCUT2D eigenvalue weighted by molar-refractivity contribution is -0.140. The van der Waals surface area contributed by atoms with Gasteiger partial charge in [-0.15, -0.1) is 11.8 Å². The van der Waals surface area contributed by atoms with Crippen LogP contribution < -0.4 is 5.73 Å². The average Bonchev–Trinajstić information content (AvgIpc) is 2.15. The summed E-state index contributed by atoms with van der Waals surface area (Å²) in [6.07, 6.45) is 0. The van der Waals surface area contributed by atoms with Gasteiger partial charge in [0.15, 0.2) is 0 Å². The van der Waals surface area contributed by atoms with Crippen molar-refractivity contribution in [3.63, 3.8) is 0 Å². The number of hydrogen-bond donors (Lipinski definition) is 2. The Bertz CT molecular complexity index is 370. The highest BCUT2D eigenvalue weighted by Gasteiger charge is 2.12. The number of nitrogen functional groups attached to an aromatic ring is 1. The van der Waals surface area contributed by atoms with Gasteiger partial charge in [-0.3, -0.25) is 4.79 Å². The van der Waals surface area contributed by atoms with Crippen LogP contribution in [-0.2, 0) is 4.79 Å². The molecule has 0 aliphatic rings. The topological polar surface area (TPSA) is 63.3 Å². The van der Waals surface area contributed by atoms with E-state index >= 15 is 0 Å². The molecule has 1 atom stereocenters. The Morgan fingerprint density at radius 2 is 2.33 bits per heavy atom. The van der Waals surface area contributed by atoms with E-state index in [4.69, 9.17) is 10.8 Å². The standard InChI is InChI=1S/C10H12FNO2S/c1-6(10(13)14)5-15-9-3-2-7(11)4-8(9)12/h2-4,6H,5,12H2,1H3,(H,13,14). The molecule has 0 aromatic heterocycles. The Hall–Kier alpha value is -1.23. The summed E-state index contributed by atoms with van der Waals surface area (Å²) in [6.45, 7) is 1.62. The number of rotatable bonds is 4. The van der Waals surface area contributed by atoms with Crippen LogP contribution in [0.5, 0.6) is 0 Å². The second-order valence-electron chi connectivity index (χ2n) is 3.23. The summed E-state index contributed by atoms with van der Waals surface area (Å²) in [5, 5.41) is 8.67. The first-order valence-corrected chi connectivity index (χ1v) is 5.40. The molecule has 1 rings (SSSR count). The first-order valence-electron chi connectivity index (χ1n) is 4.41. The van der Waals surface area contributed by atoms with Gasteiger partial charge < -0.3 is 10.8 Å². The number of benzene rings is 1. The van der Waals surface area contributed by atoms with Gasteiger partial charge in [-0.05, 0) is 18.2 Å².